The third-order valence-electron chi connectivity index (χ3n) is 5.78. The van der Waals surface area contributed by atoms with Gasteiger partial charge in [-0.3, -0.25) is 9.10 Å². The predicted octanol–water partition coefficient (Wildman–Crippen LogP) is 5.60. The minimum Gasteiger partial charge on any atom is -0.325 e. The van der Waals surface area contributed by atoms with E-state index in [2.05, 4.69) is 5.32 Å². The van der Waals surface area contributed by atoms with Gasteiger partial charge in [-0.2, -0.15) is 0 Å². The van der Waals surface area contributed by atoms with Crippen LogP contribution >= 0.6 is 0 Å². The third-order valence-corrected chi connectivity index (χ3v) is 7.60. The van der Waals surface area contributed by atoms with Crippen LogP contribution in [0, 0.1) is 20.8 Å². The molecule has 0 unspecified atom stereocenters. The fraction of sp³-hybridized carbons (Fsp3) is 0.148. The van der Waals surface area contributed by atoms with E-state index in [1.54, 1.807) is 42.5 Å². The van der Waals surface area contributed by atoms with E-state index < -0.39 is 15.9 Å². The number of amides is 1. The molecule has 4 rings (SSSR count). The number of nitrogens with one attached hydrogen (secondary N) is 1. The number of carbonyl (C=O) groups excluding carboxylic acids is 1. The normalized spacial score (nSPS) is 11.4. The summed E-state index contributed by atoms with van der Waals surface area (Å²) in [5, 5.41) is 4.26. The van der Waals surface area contributed by atoms with Crippen LogP contribution in [0.3, 0.4) is 0 Å². The van der Waals surface area contributed by atoms with Crippen LogP contribution in [-0.4, -0.2) is 20.9 Å². The van der Waals surface area contributed by atoms with Crippen LogP contribution in [0.2, 0.25) is 0 Å². The zero-order valence-electron chi connectivity index (χ0n) is 18.9. The van der Waals surface area contributed by atoms with Gasteiger partial charge >= 0.3 is 0 Å². The molecule has 6 heteroatoms. The first-order chi connectivity index (χ1) is 15.8. The topological polar surface area (TPSA) is 66.5 Å². The van der Waals surface area contributed by atoms with Gasteiger partial charge in [-0.05, 0) is 61.5 Å². The molecule has 0 spiro atoms. The number of fused-ring (bicyclic) bond motifs is 1. The van der Waals surface area contributed by atoms with Crippen molar-refractivity contribution in [3.8, 4) is 0 Å². The van der Waals surface area contributed by atoms with E-state index in [4.69, 9.17) is 0 Å². The van der Waals surface area contributed by atoms with Crippen LogP contribution in [-0.2, 0) is 14.8 Å². The summed E-state index contributed by atoms with van der Waals surface area (Å²) >= 11 is 0. The molecular formula is C27H26N2O3S. The first-order valence-electron chi connectivity index (χ1n) is 10.7. The molecule has 0 aromatic heterocycles. The molecule has 0 bridgehead atoms. The molecule has 168 valence electrons. The average Bonchev–Trinajstić information content (AvgIpc) is 2.80. The molecule has 5 nitrogen and oxygen atoms in total. The molecule has 1 N–H and O–H groups in total. The van der Waals surface area contributed by atoms with Crippen LogP contribution < -0.4 is 9.62 Å². The summed E-state index contributed by atoms with van der Waals surface area (Å²) < 4.78 is 29.2. The maximum Gasteiger partial charge on any atom is 0.265 e. The van der Waals surface area contributed by atoms with Crippen molar-refractivity contribution in [2.75, 3.05) is 16.2 Å². The molecule has 1 amide bonds. The SMILES string of the molecule is Cc1ccc(NC(=O)CN(c2cccc(C)c2C)S(=O)(=O)c2cccc3ccccc23)cc1. The van der Waals surface area contributed by atoms with Gasteiger partial charge in [0.2, 0.25) is 5.91 Å². The Balaban J connectivity index is 1.79. The minimum absolute atomic E-state index is 0.171. The molecule has 0 fully saturated rings. The molecule has 4 aromatic carbocycles. The number of aryl methyl sites for hydroxylation is 2. The highest BCUT2D eigenvalue weighted by atomic mass is 32.2. The number of anilines is 2. The lowest BCUT2D eigenvalue weighted by molar-refractivity contribution is -0.114. The first kappa shape index (κ1) is 22.6. The van der Waals surface area contributed by atoms with Crippen molar-refractivity contribution >= 4 is 38.1 Å². The van der Waals surface area contributed by atoms with Crippen molar-refractivity contribution in [1.82, 2.24) is 0 Å². The lowest BCUT2D eigenvalue weighted by Crippen LogP contribution is -2.38. The van der Waals surface area contributed by atoms with Gasteiger partial charge in [0.15, 0.2) is 0 Å². The van der Waals surface area contributed by atoms with Gasteiger partial charge in [-0.15, -0.1) is 0 Å². The van der Waals surface area contributed by atoms with E-state index in [0.717, 1.165) is 22.1 Å². The number of sulfonamides is 1. The van der Waals surface area contributed by atoms with Gasteiger partial charge in [0.25, 0.3) is 10.0 Å². The van der Waals surface area contributed by atoms with Crippen molar-refractivity contribution in [2.45, 2.75) is 25.7 Å². The molecule has 33 heavy (non-hydrogen) atoms. The quantitative estimate of drug-likeness (QED) is 0.409. The minimum atomic E-state index is -4.04. The van der Waals surface area contributed by atoms with Crippen molar-refractivity contribution in [3.05, 3.63) is 102 Å². The lowest BCUT2D eigenvalue weighted by Gasteiger charge is -2.27. The molecule has 0 aliphatic rings. The highest BCUT2D eigenvalue weighted by molar-refractivity contribution is 7.93. The van der Waals surface area contributed by atoms with E-state index >= 15 is 0 Å². The number of hydrogen-bond acceptors (Lipinski definition) is 3. The van der Waals surface area contributed by atoms with Crippen molar-refractivity contribution in [2.24, 2.45) is 0 Å². The van der Waals surface area contributed by atoms with Gasteiger partial charge in [0, 0.05) is 11.1 Å². The van der Waals surface area contributed by atoms with Gasteiger partial charge in [-0.1, -0.05) is 66.2 Å². The van der Waals surface area contributed by atoms with Crippen molar-refractivity contribution in [1.29, 1.82) is 0 Å². The second-order valence-electron chi connectivity index (χ2n) is 8.12. The van der Waals surface area contributed by atoms with Gasteiger partial charge < -0.3 is 5.32 Å². The maximum absolute atomic E-state index is 14.0. The van der Waals surface area contributed by atoms with Crippen molar-refractivity contribution < 1.29 is 13.2 Å². The monoisotopic (exact) mass is 458 g/mol. The summed E-state index contributed by atoms with van der Waals surface area (Å²) in [4.78, 5) is 13.2. The summed E-state index contributed by atoms with van der Waals surface area (Å²) in [5.74, 6) is -0.413. The smallest absolute Gasteiger partial charge is 0.265 e. The Hall–Kier alpha value is -3.64. The zero-order chi connectivity index (χ0) is 23.6. The zero-order valence-corrected chi connectivity index (χ0v) is 19.7. The van der Waals surface area contributed by atoms with Crippen LogP contribution in [0.15, 0.2) is 89.8 Å². The van der Waals surface area contributed by atoms with E-state index in [0.29, 0.717) is 16.8 Å². The summed E-state index contributed by atoms with van der Waals surface area (Å²) in [7, 11) is -4.04. The van der Waals surface area contributed by atoms with Crippen molar-refractivity contribution in [3.63, 3.8) is 0 Å². The molecule has 0 saturated carbocycles. The predicted molar refractivity (Wildman–Crippen MR) is 134 cm³/mol. The number of rotatable bonds is 6. The Bertz CT molecular complexity index is 1420. The Morgan fingerprint density at radius 1 is 0.818 bits per heavy atom. The molecular weight excluding hydrogens is 432 g/mol. The summed E-state index contributed by atoms with van der Waals surface area (Å²) in [6, 6.07) is 25.4. The Labute approximate surface area is 194 Å². The molecule has 0 heterocycles. The highest BCUT2D eigenvalue weighted by Gasteiger charge is 2.30. The van der Waals surface area contributed by atoms with Gasteiger partial charge in [-0.25, -0.2) is 8.42 Å². The van der Waals surface area contributed by atoms with E-state index in [9.17, 15) is 13.2 Å². The van der Waals surface area contributed by atoms with Gasteiger partial charge in [0.05, 0.1) is 10.6 Å². The molecule has 0 atom stereocenters. The number of hydrogen-bond donors (Lipinski definition) is 1. The Morgan fingerprint density at radius 2 is 1.48 bits per heavy atom. The second kappa shape index (κ2) is 9.08. The Kier molecular flexibility index (Phi) is 6.20. The molecule has 4 aromatic rings. The van der Waals surface area contributed by atoms with Crippen LogP contribution in [0.25, 0.3) is 10.8 Å². The molecule has 0 radical (unpaired) electrons. The number of nitrogens with zero attached hydrogens (tertiary/aromatic N) is 1. The lowest BCUT2D eigenvalue weighted by atomic mass is 10.1. The fourth-order valence-corrected chi connectivity index (χ4v) is 5.51. The highest BCUT2D eigenvalue weighted by Crippen LogP contribution is 2.32. The number of carbonyl (C=O) groups is 1. The van der Waals surface area contributed by atoms with E-state index in [1.807, 2.05) is 63.2 Å². The molecule has 0 saturated heterocycles. The van der Waals surface area contributed by atoms with E-state index in [1.165, 1.54) is 4.31 Å². The summed E-state index contributed by atoms with van der Waals surface area (Å²) in [6.45, 7) is 5.41. The molecule has 0 aliphatic carbocycles. The van der Waals surface area contributed by atoms with Crippen LogP contribution in [0.4, 0.5) is 11.4 Å². The third kappa shape index (κ3) is 4.61. The maximum atomic E-state index is 14.0. The number of benzene rings is 4. The van der Waals surface area contributed by atoms with Gasteiger partial charge in [0.1, 0.15) is 6.54 Å². The standard InChI is InChI=1S/C27H26N2O3S/c1-19-14-16-23(17-15-19)28-27(30)18-29(25-12-6-8-20(2)21(25)3)33(31,32)26-13-7-10-22-9-4-5-11-24(22)26/h4-17H,18H2,1-3H3,(H,28,30). The fourth-order valence-electron chi connectivity index (χ4n) is 3.81. The summed E-state index contributed by atoms with van der Waals surface area (Å²) in [5.41, 5.74) is 3.94. The molecule has 0 aliphatic heterocycles. The second-order valence-corrected chi connectivity index (χ2v) is 9.95. The van der Waals surface area contributed by atoms with Crippen LogP contribution in [0.5, 0.6) is 0 Å². The van der Waals surface area contributed by atoms with E-state index in [-0.39, 0.29) is 11.4 Å². The average molecular weight is 459 g/mol. The largest absolute Gasteiger partial charge is 0.325 e. The summed E-state index contributed by atoms with van der Waals surface area (Å²) in [6.07, 6.45) is 0. The first-order valence-corrected chi connectivity index (χ1v) is 12.1. The van der Waals surface area contributed by atoms with Crippen LogP contribution in [0.1, 0.15) is 16.7 Å². The Morgan fingerprint density at radius 3 is 2.24 bits per heavy atom.